The monoisotopic (exact) mass is 696 g/mol. The number of halogens is 5. The highest BCUT2D eigenvalue weighted by molar-refractivity contribution is 7.88. The van der Waals surface area contributed by atoms with Crippen LogP contribution in [0.1, 0.15) is 62.0 Å². The van der Waals surface area contributed by atoms with E-state index in [0.717, 1.165) is 18.1 Å². The number of carbonyl (C=O) groups is 2. The normalized spacial score (nSPS) is 22.1. The highest BCUT2D eigenvalue weighted by Gasteiger charge is 2.61. The van der Waals surface area contributed by atoms with Crippen molar-refractivity contribution >= 4 is 22.1 Å². The van der Waals surface area contributed by atoms with Gasteiger partial charge in [0.2, 0.25) is 5.91 Å². The zero-order valence-corrected chi connectivity index (χ0v) is 26.9. The van der Waals surface area contributed by atoms with Crippen molar-refractivity contribution in [2.45, 2.75) is 69.0 Å². The number of nitrogens with zero attached hydrogens (tertiary/aromatic N) is 2. The van der Waals surface area contributed by atoms with Crippen LogP contribution < -0.4 is 9.50 Å². The summed E-state index contributed by atoms with van der Waals surface area (Å²) in [5.41, 5.74) is -2.80. The van der Waals surface area contributed by atoms with Crippen LogP contribution in [0.3, 0.4) is 0 Å². The molecule has 2 heterocycles. The van der Waals surface area contributed by atoms with Gasteiger partial charge in [0.15, 0.2) is 0 Å². The summed E-state index contributed by atoms with van der Waals surface area (Å²) in [5, 5.41) is 2.61. The number of ether oxygens (including phenoxy) is 1. The Balaban J connectivity index is 1.25. The number of amides is 2. The average Bonchev–Trinajstić information content (AvgIpc) is 3.77. The van der Waals surface area contributed by atoms with Gasteiger partial charge in [0.25, 0.3) is 5.92 Å². The number of imidazole rings is 1. The molecule has 258 valence electrons. The van der Waals surface area contributed by atoms with E-state index in [1.807, 2.05) is 13.8 Å². The highest BCUT2D eigenvalue weighted by atomic mass is 32.2. The molecule has 1 aliphatic heterocycles. The molecule has 6 rings (SSSR count). The molecule has 48 heavy (non-hydrogen) atoms. The van der Waals surface area contributed by atoms with E-state index in [0.29, 0.717) is 41.2 Å². The fraction of sp³-hybridized carbons (Fsp3) is 0.469. The smallest absolute Gasteiger partial charge is 0.453 e. The number of rotatable bonds is 8. The minimum absolute atomic E-state index is 0.0342. The molecule has 2 amide bonds. The number of nitrogens with one attached hydrogen (secondary N) is 2. The molecule has 10 nitrogen and oxygen atoms in total. The van der Waals surface area contributed by atoms with Gasteiger partial charge in [0.05, 0.1) is 25.0 Å². The molecule has 16 heteroatoms. The number of aromatic nitrogens is 2. The van der Waals surface area contributed by atoms with Crippen LogP contribution in [0.4, 0.5) is 26.7 Å². The van der Waals surface area contributed by atoms with Crippen LogP contribution in [-0.4, -0.2) is 66.4 Å². The van der Waals surface area contributed by atoms with Crippen molar-refractivity contribution in [1.29, 1.82) is 0 Å². The second kappa shape index (κ2) is 12.0. The van der Waals surface area contributed by atoms with Crippen molar-refractivity contribution in [3.8, 4) is 28.1 Å². The molecule has 2 aliphatic carbocycles. The zero-order chi connectivity index (χ0) is 34.8. The summed E-state index contributed by atoms with van der Waals surface area (Å²) in [5.74, 6) is -5.32. The number of likely N-dealkylation sites (tertiary alicyclic amines) is 1. The van der Waals surface area contributed by atoms with E-state index in [-0.39, 0.29) is 29.9 Å². The topological polar surface area (TPSA) is 131 Å². The second-order valence-electron chi connectivity index (χ2n) is 12.7. The summed E-state index contributed by atoms with van der Waals surface area (Å²) in [6.45, 7) is 4.14. The Labute approximate surface area is 273 Å². The first kappa shape index (κ1) is 33.7. The van der Waals surface area contributed by atoms with Gasteiger partial charge in [-0.3, -0.25) is 4.79 Å². The number of benzene rings is 2. The molecule has 2 N–H and O–H groups in total. The maximum atomic E-state index is 14.4. The first-order valence-electron chi connectivity index (χ1n) is 15.4. The number of alkyl carbamates (subject to hydrolysis) is 1. The molecule has 1 aromatic heterocycles. The summed E-state index contributed by atoms with van der Waals surface area (Å²) < 4.78 is 101. The third kappa shape index (κ3) is 5.87. The third-order valence-electron chi connectivity index (χ3n) is 9.46. The number of aromatic amines is 1. The molecule has 0 spiro atoms. The standard InChI is InChI=1S/C32H33F5N4O6S/c1-16(2)27(40-30(43)46-3)29(42)41-12-4-5-24(41)28-38-15-23(39-28)18-8-6-17(7-9-18)19-10-11-25(47-48(44,45)32(35,36)37)20-13-22-21(26(19)20)14-31(22,33)34/h6-11,15-16,21-22,24,27H,4-5,12-14H2,1-3H3,(H,38,39)(H,40,43)/t21?,22?,24-,27-/m0/s1. The van der Waals surface area contributed by atoms with Gasteiger partial charge in [0.1, 0.15) is 17.6 Å². The molecular weight excluding hydrogens is 663 g/mol. The zero-order valence-electron chi connectivity index (χ0n) is 26.1. The van der Waals surface area contributed by atoms with Crippen LogP contribution in [0.2, 0.25) is 0 Å². The molecule has 2 unspecified atom stereocenters. The minimum Gasteiger partial charge on any atom is -0.453 e. The van der Waals surface area contributed by atoms with Crippen LogP contribution in [0.5, 0.6) is 5.75 Å². The van der Waals surface area contributed by atoms with Gasteiger partial charge in [0, 0.05) is 24.4 Å². The van der Waals surface area contributed by atoms with Gasteiger partial charge in [-0.15, -0.1) is 0 Å². The predicted octanol–water partition coefficient (Wildman–Crippen LogP) is 6.31. The van der Waals surface area contributed by atoms with E-state index in [9.17, 15) is 40.0 Å². The van der Waals surface area contributed by atoms with E-state index in [4.69, 9.17) is 0 Å². The quantitative estimate of drug-likeness (QED) is 0.160. The van der Waals surface area contributed by atoms with E-state index < -0.39 is 57.7 Å². The lowest BCUT2D eigenvalue weighted by molar-refractivity contribution is -0.141. The predicted molar refractivity (Wildman–Crippen MR) is 162 cm³/mol. The van der Waals surface area contributed by atoms with Gasteiger partial charge >= 0.3 is 21.7 Å². The largest absolute Gasteiger partial charge is 0.534 e. The van der Waals surface area contributed by atoms with Crippen molar-refractivity contribution in [2.75, 3.05) is 13.7 Å². The fourth-order valence-electron chi connectivity index (χ4n) is 6.98. The van der Waals surface area contributed by atoms with Crippen LogP contribution in [0, 0.1) is 11.8 Å². The third-order valence-corrected chi connectivity index (χ3v) is 10.4. The number of H-pyrrole nitrogens is 1. The molecule has 2 fully saturated rings. The van der Waals surface area contributed by atoms with Gasteiger partial charge in [-0.1, -0.05) is 44.2 Å². The molecule has 3 aromatic rings. The van der Waals surface area contributed by atoms with Crippen LogP contribution in [-0.2, 0) is 26.1 Å². The van der Waals surface area contributed by atoms with Gasteiger partial charge in [-0.2, -0.15) is 21.6 Å². The maximum absolute atomic E-state index is 14.4. The number of methoxy groups -OCH3 is 1. The van der Waals surface area contributed by atoms with Crippen molar-refractivity contribution in [3.63, 3.8) is 0 Å². The fourth-order valence-corrected chi connectivity index (χ4v) is 7.47. The second-order valence-corrected chi connectivity index (χ2v) is 14.2. The molecule has 1 saturated heterocycles. The van der Waals surface area contributed by atoms with E-state index in [1.54, 1.807) is 35.4 Å². The number of fused-ring (bicyclic) bond motifs is 3. The summed E-state index contributed by atoms with van der Waals surface area (Å²) >= 11 is 0. The first-order chi connectivity index (χ1) is 22.5. The molecule has 4 atom stereocenters. The number of hydrogen-bond donors (Lipinski definition) is 2. The van der Waals surface area contributed by atoms with Gasteiger partial charge in [-0.25, -0.2) is 18.6 Å². The van der Waals surface area contributed by atoms with Crippen molar-refractivity contribution in [2.24, 2.45) is 11.8 Å². The molecule has 0 radical (unpaired) electrons. The lowest BCUT2D eigenvalue weighted by atomic mass is 9.69. The lowest BCUT2D eigenvalue weighted by Gasteiger charge is -2.40. The Morgan fingerprint density at radius 3 is 2.42 bits per heavy atom. The van der Waals surface area contributed by atoms with Crippen molar-refractivity contribution in [1.82, 2.24) is 20.2 Å². The Hall–Kier alpha value is -4.21. The number of carbonyl (C=O) groups excluding carboxylic acids is 2. The highest BCUT2D eigenvalue weighted by Crippen LogP contribution is 2.62. The lowest BCUT2D eigenvalue weighted by Crippen LogP contribution is -2.51. The molecular formula is C32H33F5N4O6S. The summed E-state index contributed by atoms with van der Waals surface area (Å²) in [4.78, 5) is 34.8. The van der Waals surface area contributed by atoms with Gasteiger partial charge < -0.3 is 24.1 Å². The van der Waals surface area contributed by atoms with Crippen LogP contribution >= 0.6 is 0 Å². The Kier molecular flexibility index (Phi) is 8.45. The Morgan fingerprint density at radius 1 is 1.10 bits per heavy atom. The Bertz CT molecular complexity index is 1840. The molecule has 1 saturated carbocycles. The summed E-state index contributed by atoms with van der Waals surface area (Å²) in [7, 11) is -4.77. The average molecular weight is 697 g/mol. The molecule has 2 aromatic carbocycles. The SMILES string of the molecule is COC(=O)N[C@H](C(=O)N1CCC[C@H]1c1ncc(-c2ccc(-c3ccc(OS(=O)(=O)C(F)(F)F)c4c3C3CC(F)(F)C3C4)cc2)[nH]1)C(C)C. The van der Waals surface area contributed by atoms with Crippen molar-refractivity contribution in [3.05, 3.63) is 59.5 Å². The summed E-state index contributed by atoms with van der Waals surface area (Å²) in [6.07, 6.45) is 1.53. The van der Waals surface area contributed by atoms with Gasteiger partial charge in [-0.05, 0) is 59.4 Å². The van der Waals surface area contributed by atoms with Crippen LogP contribution in [0.15, 0.2) is 42.6 Å². The van der Waals surface area contributed by atoms with Crippen LogP contribution in [0.25, 0.3) is 22.4 Å². The number of alkyl halides is 5. The molecule has 0 bridgehead atoms. The first-order valence-corrected chi connectivity index (χ1v) is 16.8. The maximum Gasteiger partial charge on any atom is 0.534 e. The summed E-state index contributed by atoms with van der Waals surface area (Å²) in [6, 6.07) is 8.36. The Morgan fingerprint density at radius 2 is 1.79 bits per heavy atom. The van der Waals surface area contributed by atoms with E-state index >= 15 is 0 Å². The van der Waals surface area contributed by atoms with E-state index in [2.05, 4.69) is 24.2 Å². The molecule has 3 aliphatic rings. The van der Waals surface area contributed by atoms with Crippen molar-refractivity contribution < 1.29 is 48.9 Å². The van der Waals surface area contributed by atoms with E-state index in [1.165, 1.54) is 13.2 Å². The number of hydrogen-bond acceptors (Lipinski definition) is 7. The minimum atomic E-state index is -6.00.